The molecule has 0 aromatic heterocycles. The molecule has 0 saturated heterocycles. The molecule has 0 aliphatic rings. The summed E-state index contributed by atoms with van der Waals surface area (Å²) in [6.45, 7) is 4.21. The lowest BCUT2D eigenvalue weighted by Gasteiger charge is -2.17. The molecule has 2 rings (SSSR count). The highest BCUT2D eigenvalue weighted by Crippen LogP contribution is 2.14. The minimum absolute atomic E-state index is 0.0962. The molecule has 106 valence electrons. The van der Waals surface area contributed by atoms with E-state index in [-0.39, 0.29) is 11.9 Å². The van der Waals surface area contributed by atoms with Gasteiger partial charge in [-0.25, -0.2) is 4.39 Å². The Bertz CT molecular complexity index is 581. The zero-order chi connectivity index (χ0) is 14.5. The van der Waals surface area contributed by atoms with E-state index in [1.54, 1.807) is 12.1 Å². The molecule has 2 aromatic carbocycles. The topological polar surface area (TPSA) is 38.0 Å². The molecule has 20 heavy (non-hydrogen) atoms. The molecule has 0 spiro atoms. The minimum Gasteiger partial charge on any atom is -0.271 e. The minimum atomic E-state index is -0.204. The van der Waals surface area contributed by atoms with Gasteiger partial charge in [-0.15, -0.1) is 0 Å². The van der Waals surface area contributed by atoms with Crippen LogP contribution in [0.15, 0.2) is 42.5 Å². The lowest BCUT2D eigenvalue weighted by molar-refractivity contribution is 0.520. The number of nitrogens with two attached hydrogens (primary N) is 1. The van der Waals surface area contributed by atoms with Gasteiger partial charge in [0.1, 0.15) is 5.82 Å². The van der Waals surface area contributed by atoms with Crippen LogP contribution in [0.4, 0.5) is 4.39 Å². The second-order valence-corrected chi connectivity index (χ2v) is 5.32. The van der Waals surface area contributed by atoms with Crippen LogP contribution < -0.4 is 11.3 Å². The number of aryl methyl sites for hydroxylation is 2. The summed E-state index contributed by atoms with van der Waals surface area (Å²) in [5.41, 5.74) is 7.60. The number of halogens is 1. The van der Waals surface area contributed by atoms with Crippen molar-refractivity contribution in [3.8, 4) is 0 Å². The quantitative estimate of drug-likeness (QED) is 0.648. The van der Waals surface area contributed by atoms with E-state index in [0.717, 1.165) is 12.0 Å². The summed E-state index contributed by atoms with van der Waals surface area (Å²) in [6.07, 6.45) is 1.54. The van der Waals surface area contributed by atoms with Gasteiger partial charge in [-0.1, -0.05) is 30.3 Å². The van der Waals surface area contributed by atoms with Crippen molar-refractivity contribution in [2.45, 2.75) is 32.7 Å². The van der Waals surface area contributed by atoms with Gasteiger partial charge in [0.25, 0.3) is 0 Å². The number of rotatable bonds is 5. The molecule has 0 aliphatic heterocycles. The molecule has 0 amide bonds. The van der Waals surface area contributed by atoms with Gasteiger partial charge in [-0.05, 0) is 61.1 Å². The van der Waals surface area contributed by atoms with Crippen molar-refractivity contribution in [2.75, 3.05) is 0 Å². The Hall–Kier alpha value is -1.71. The average molecular weight is 272 g/mol. The van der Waals surface area contributed by atoms with Gasteiger partial charge in [0.15, 0.2) is 0 Å². The highest BCUT2D eigenvalue weighted by Gasteiger charge is 2.10. The van der Waals surface area contributed by atoms with Crippen LogP contribution in [-0.4, -0.2) is 6.04 Å². The molecular weight excluding hydrogens is 251 g/mol. The van der Waals surface area contributed by atoms with Crippen LogP contribution in [-0.2, 0) is 12.8 Å². The Labute approximate surface area is 119 Å². The Kier molecular flexibility index (Phi) is 4.88. The first kappa shape index (κ1) is 14.7. The molecule has 3 N–H and O–H groups in total. The number of hydrogen-bond acceptors (Lipinski definition) is 2. The highest BCUT2D eigenvalue weighted by atomic mass is 19.1. The second kappa shape index (κ2) is 6.64. The Morgan fingerprint density at radius 2 is 1.70 bits per heavy atom. The van der Waals surface area contributed by atoms with E-state index in [0.29, 0.717) is 6.42 Å². The number of hydrazine groups is 1. The lowest BCUT2D eigenvalue weighted by atomic mass is 9.97. The fraction of sp³-hybridized carbons (Fsp3) is 0.294. The summed E-state index contributed by atoms with van der Waals surface area (Å²) in [5, 5.41) is 0. The maximum absolute atomic E-state index is 13.2. The normalized spacial score (nSPS) is 12.4. The lowest BCUT2D eigenvalue weighted by Crippen LogP contribution is -2.38. The number of benzene rings is 2. The van der Waals surface area contributed by atoms with E-state index in [1.165, 1.54) is 22.8 Å². The molecule has 0 heterocycles. The number of hydrogen-bond donors (Lipinski definition) is 2. The van der Waals surface area contributed by atoms with Gasteiger partial charge < -0.3 is 0 Å². The smallest absolute Gasteiger partial charge is 0.123 e. The van der Waals surface area contributed by atoms with Crippen LogP contribution in [0.5, 0.6) is 0 Å². The average Bonchev–Trinajstić information content (AvgIpc) is 2.42. The molecule has 2 nitrogen and oxygen atoms in total. The molecule has 3 heteroatoms. The third kappa shape index (κ3) is 3.89. The third-order valence-electron chi connectivity index (χ3n) is 3.66. The molecule has 0 aliphatic carbocycles. The molecule has 0 radical (unpaired) electrons. The van der Waals surface area contributed by atoms with E-state index in [1.807, 2.05) is 6.07 Å². The first-order valence-corrected chi connectivity index (χ1v) is 6.85. The van der Waals surface area contributed by atoms with Crippen LogP contribution in [0.3, 0.4) is 0 Å². The van der Waals surface area contributed by atoms with E-state index in [9.17, 15) is 4.39 Å². The first-order chi connectivity index (χ1) is 9.58. The van der Waals surface area contributed by atoms with Crippen LogP contribution in [0.2, 0.25) is 0 Å². The zero-order valence-corrected chi connectivity index (χ0v) is 12.0. The molecular formula is C17H21FN2. The monoisotopic (exact) mass is 272 g/mol. The van der Waals surface area contributed by atoms with Crippen LogP contribution in [0, 0.1) is 19.7 Å². The summed E-state index contributed by atoms with van der Waals surface area (Å²) >= 11 is 0. The summed E-state index contributed by atoms with van der Waals surface area (Å²) < 4.78 is 13.2. The fourth-order valence-corrected chi connectivity index (χ4v) is 2.35. The third-order valence-corrected chi connectivity index (χ3v) is 3.66. The maximum Gasteiger partial charge on any atom is 0.123 e. The van der Waals surface area contributed by atoms with Gasteiger partial charge >= 0.3 is 0 Å². The van der Waals surface area contributed by atoms with Crippen LogP contribution in [0.1, 0.15) is 22.3 Å². The largest absolute Gasteiger partial charge is 0.271 e. The zero-order valence-electron chi connectivity index (χ0n) is 12.0. The van der Waals surface area contributed by atoms with Gasteiger partial charge in [0, 0.05) is 6.04 Å². The van der Waals surface area contributed by atoms with E-state index in [4.69, 9.17) is 5.84 Å². The molecule has 0 fully saturated rings. The summed E-state index contributed by atoms with van der Waals surface area (Å²) in [7, 11) is 0. The van der Waals surface area contributed by atoms with E-state index >= 15 is 0 Å². The first-order valence-electron chi connectivity index (χ1n) is 6.85. The predicted octanol–water partition coefficient (Wildman–Crippen LogP) is 3.06. The second-order valence-electron chi connectivity index (χ2n) is 5.32. The molecule has 1 unspecified atom stereocenters. The Balaban J connectivity index is 2.07. The summed E-state index contributed by atoms with van der Waals surface area (Å²) in [5.74, 6) is 5.43. The maximum atomic E-state index is 13.2. The van der Waals surface area contributed by atoms with Crippen molar-refractivity contribution in [1.82, 2.24) is 5.43 Å². The SMILES string of the molecule is Cc1ccc(CC(Cc2cccc(F)c2)NN)cc1C. The summed E-state index contributed by atoms with van der Waals surface area (Å²) in [4.78, 5) is 0. The van der Waals surface area contributed by atoms with Crippen LogP contribution in [0.25, 0.3) is 0 Å². The molecule has 0 saturated carbocycles. The standard InChI is InChI=1S/C17H21FN2/c1-12-6-7-15(8-13(12)2)11-17(20-19)10-14-4-3-5-16(18)9-14/h3-9,17,20H,10-11,19H2,1-2H3. The fourth-order valence-electron chi connectivity index (χ4n) is 2.35. The van der Waals surface area contributed by atoms with Crippen molar-refractivity contribution < 1.29 is 4.39 Å². The van der Waals surface area contributed by atoms with Crippen LogP contribution >= 0.6 is 0 Å². The van der Waals surface area contributed by atoms with Crippen molar-refractivity contribution >= 4 is 0 Å². The van der Waals surface area contributed by atoms with E-state index in [2.05, 4.69) is 37.5 Å². The Morgan fingerprint density at radius 1 is 1.00 bits per heavy atom. The molecule has 1 atom stereocenters. The number of nitrogens with one attached hydrogen (secondary N) is 1. The van der Waals surface area contributed by atoms with Crippen molar-refractivity contribution in [3.05, 3.63) is 70.5 Å². The van der Waals surface area contributed by atoms with Gasteiger partial charge in [0.2, 0.25) is 0 Å². The van der Waals surface area contributed by atoms with Crippen molar-refractivity contribution in [1.29, 1.82) is 0 Å². The van der Waals surface area contributed by atoms with E-state index < -0.39 is 0 Å². The van der Waals surface area contributed by atoms with Gasteiger partial charge in [0.05, 0.1) is 0 Å². The van der Waals surface area contributed by atoms with Gasteiger partial charge in [-0.2, -0.15) is 0 Å². The van der Waals surface area contributed by atoms with Gasteiger partial charge in [-0.3, -0.25) is 11.3 Å². The van der Waals surface area contributed by atoms with Crippen molar-refractivity contribution in [3.63, 3.8) is 0 Å². The molecule has 2 aromatic rings. The van der Waals surface area contributed by atoms with Crippen molar-refractivity contribution in [2.24, 2.45) is 5.84 Å². The highest BCUT2D eigenvalue weighted by molar-refractivity contribution is 5.30. The molecule has 0 bridgehead atoms. The Morgan fingerprint density at radius 3 is 2.30 bits per heavy atom. The predicted molar refractivity (Wildman–Crippen MR) is 80.8 cm³/mol. The summed E-state index contributed by atoms with van der Waals surface area (Å²) in [6, 6.07) is 13.2.